The molecule has 1 amide bonds. The molecule has 0 saturated carbocycles. The molecule has 1 fully saturated rings. The zero-order valence-corrected chi connectivity index (χ0v) is 14.0. The fourth-order valence-corrected chi connectivity index (χ4v) is 2.71. The van der Waals surface area contributed by atoms with Crippen LogP contribution in [0.5, 0.6) is 0 Å². The molecule has 2 aromatic heterocycles. The second kappa shape index (κ2) is 7.28. The number of rotatable bonds is 5. The molecular formula is C14H21N9O. The normalized spacial score (nSPS) is 14.9. The van der Waals surface area contributed by atoms with E-state index >= 15 is 0 Å². The zero-order valence-electron chi connectivity index (χ0n) is 14.0. The Morgan fingerprint density at radius 1 is 1.08 bits per heavy atom. The summed E-state index contributed by atoms with van der Waals surface area (Å²) >= 11 is 0. The lowest BCUT2D eigenvalue weighted by Crippen LogP contribution is -2.50. The van der Waals surface area contributed by atoms with Gasteiger partial charge in [-0.3, -0.25) is 4.79 Å². The molecule has 0 aliphatic carbocycles. The Morgan fingerprint density at radius 2 is 1.83 bits per heavy atom. The zero-order chi connectivity index (χ0) is 16.9. The number of carbonyl (C=O) groups is 1. The Labute approximate surface area is 139 Å². The number of carbonyl (C=O) groups excluding carboxylic acids is 1. The Bertz CT molecular complexity index is 680. The lowest BCUT2D eigenvalue weighted by Gasteiger charge is -2.34. The maximum absolute atomic E-state index is 12.2. The Kier molecular flexibility index (Phi) is 4.92. The lowest BCUT2D eigenvalue weighted by atomic mass is 10.2. The highest BCUT2D eigenvalue weighted by Crippen LogP contribution is 2.13. The van der Waals surface area contributed by atoms with Gasteiger partial charge in [-0.2, -0.15) is 5.10 Å². The molecule has 0 N–H and O–H groups in total. The first-order valence-electron chi connectivity index (χ1n) is 8.17. The van der Waals surface area contributed by atoms with Crippen molar-refractivity contribution in [1.82, 2.24) is 40.3 Å². The van der Waals surface area contributed by atoms with E-state index in [-0.39, 0.29) is 12.5 Å². The number of anilines is 1. The SMILES string of the molecule is CCc1nnc(N2CCN(C(=O)Cn3cnnn3)CC2)nc1CC. The summed E-state index contributed by atoms with van der Waals surface area (Å²) in [5.41, 5.74) is 1.95. The lowest BCUT2D eigenvalue weighted by molar-refractivity contribution is -0.132. The topological polar surface area (TPSA) is 106 Å². The third-order valence-electron chi connectivity index (χ3n) is 4.10. The quantitative estimate of drug-likeness (QED) is 0.710. The minimum Gasteiger partial charge on any atom is -0.338 e. The summed E-state index contributed by atoms with van der Waals surface area (Å²) in [6.45, 7) is 6.93. The van der Waals surface area contributed by atoms with Crippen molar-refractivity contribution in [1.29, 1.82) is 0 Å². The van der Waals surface area contributed by atoms with E-state index in [9.17, 15) is 4.79 Å². The van der Waals surface area contributed by atoms with Crippen LogP contribution in [0.1, 0.15) is 25.2 Å². The van der Waals surface area contributed by atoms with E-state index in [1.165, 1.54) is 11.0 Å². The first-order chi connectivity index (χ1) is 11.7. The van der Waals surface area contributed by atoms with Crippen LogP contribution in [0.4, 0.5) is 5.95 Å². The maximum Gasteiger partial charge on any atom is 0.245 e. The van der Waals surface area contributed by atoms with E-state index in [1.54, 1.807) is 0 Å². The van der Waals surface area contributed by atoms with Gasteiger partial charge in [-0.05, 0) is 23.3 Å². The predicted molar refractivity (Wildman–Crippen MR) is 85.2 cm³/mol. The van der Waals surface area contributed by atoms with Gasteiger partial charge in [0.2, 0.25) is 11.9 Å². The number of amides is 1. The summed E-state index contributed by atoms with van der Waals surface area (Å²) in [7, 11) is 0. The fraction of sp³-hybridized carbons (Fsp3) is 0.643. The molecule has 24 heavy (non-hydrogen) atoms. The summed E-state index contributed by atoms with van der Waals surface area (Å²) in [6.07, 6.45) is 3.12. The molecule has 0 aromatic carbocycles. The molecule has 3 rings (SSSR count). The van der Waals surface area contributed by atoms with Gasteiger partial charge in [0.25, 0.3) is 0 Å². The van der Waals surface area contributed by atoms with Gasteiger partial charge in [-0.25, -0.2) is 9.67 Å². The molecule has 0 atom stereocenters. The highest BCUT2D eigenvalue weighted by molar-refractivity contribution is 5.76. The minimum atomic E-state index is 0.0107. The highest BCUT2D eigenvalue weighted by atomic mass is 16.2. The molecule has 10 heteroatoms. The third kappa shape index (κ3) is 3.47. The molecule has 0 spiro atoms. The van der Waals surface area contributed by atoms with E-state index in [0.717, 1.165) is 24.2 Å². The Balaban J connectivity index is 1.59. The Hall–Kier alpha value is -2.65. The maximum atomic E-state index is 12.2. The first kappa shape index (κ1) is 16.2. The van der Waals surface area contributed by atoms with Gasteiger partial charge in [0.05, 0.1) is 11.4 Å². The summed E-state index contributed by atoms with van der Waals surface area (Å²) in [6, 6.07) is 0. The van der Waals surface area contributed by atoms with E-state index in [1.807, 2.05) is 4.90 Å². The van der Waals surface area contributed by atoms with E-state index in [0.29, 0.717) is 32.1 Å². The average Bonchev–Trinajstić information content (AvgIpc) is 3.14. The number of nitrogens with zero attached hydrogens (tertiary/aromatic N) is 9. The standard InChI is InChI=1S/C14H21N9O/c1-3-11-12(4-2)17-18-14(16-11)22-7-5-21(6-8-22)13(24)9-23-10-15-19-20-23/h10H,3-9H2,1-2H3. The number of aromatic nitrogens is 7. The summed E-state index contributed by atoms with van der Waals surface area (Å²) in [5.74, 6) is 0.660. The molecule has 1 aliphatic rings. The third-order valence-corrected chi connectivity index (χ3v) is 4.10. The van der Waals surface area contributed by atoms with Crippen LogP contribution in [-0.4, -0.2) is 72.4 Å². The van der Waals surface area contributed by atoms with Gasteiger partial charge in [-0.1, -0.05) is 13.8 Å². The monoisotopic (exact) mass is 331 g/mol. The van der Waals surface area contributed by atoms with Crippen LogP contribution in [0.3, 0.4) is 0 Å². The molecule has 0 unspecified atom stereocenters. The second-order valence-corrected chi connectivity index (χ2v) is 5.59. The van der Waals surface area contributed by atoms with Crippen LogP contribution in [0, 0.1) is 0 Å². The van der Waals surface area contributed by atoms with Crippen molar-refractivity contribution in [2.75, 3.05) is 31.1 Å². The first-order valence-corrected chi connectivity index (χ1v) is 8.17. The van der Waals surface area contributed by atoms with Crippen LogP contribution < -0.4 is 4.90 Å². The van der Waals surface area contributed by atoms with Crippen molar-refractivity contribution in [3.8, 4) is 0 Å². The summed E-state index contributed by atoms with van der Waals surface area (Å²) < 4.78 is 1.43. The molecule has 10 nitrogen and oxygen atoms in total. The van der Waals surface area contributed by atoms with Gasteiger partial charge >= 0.3 is 0 Å². The van der Waals surface area contributed by atoms with Gasteiger partial charge in [0, 0.05) is 26.2 Å². The van der Waals surface area contributed by atoms with Crippen molar-refractivity contribution in [3.63, 3.8) is 0 Å². The van der Waals surface area contributed by atoms with Crippen molar-refractivity contribution < 1.29 is 4.79 Å². The van der Waals surface area contributed by atoms with Crippen LogP contribution in [0.15, 0.2) is 6.33 Å². The summed E-state index contributed by atoms with van der Waals surface area (Å²) in [4.78, 5) is 20.8. The molecule has 2 aromatic rings. The van der Waals surface area contributed by atoms with Crippen LogP contribution in [0.2, 0.25) is 0 Å². The van der Waals surface area contributed by atoms with Crippen molar-refractivity contribution in [2.24, 2.45) is 0 Å². The molecule has 0 bridgehead atoms. The fourth-order valence-electron chi connectivity index (χ4n) is 2.71. The largest absolute Gasteiger partial charge is 0.338 e. The number of hydrogen-bond donors (Lipinski definition) is 0. The van der Waals surface area contributed by atoms with Gasteiger partial charge in [-0.15, -0.1) is 10.2 Å². The molecule has 3 heterocycles. The Morgan fingerprint density at radius 3 is 2.46 bits per heavy atom. The van der Waals surface area contributed by atoms with Crippen molar-refractivity contribution >= 4 is 11.9 Å². The minimum absolute atomic E-state index is 0.0107. The second-order valence-electron chi connectivity index (χ2n) is 5.59. The van der Waals surface area contributed by atoms with Crippen LogP contribution >= 0.6 is 0 Å². The predicted octanol–water partition coefficient (Wildman–Crippen LogP) is -0.668. The smallest absolute Gasteiger partial charge is 0.245 e. The van der Waals surface area contributed by atoms with Crippen LogP contribution in [-0.2, 0) is 24.2 Å². The van der Waals surface area contributed by atoms with E-state index < -0.39 is 0 Å². The highest BCUT2D eigenvalue weighted by Gasteiger charge is 2.23. The van der Waals surface area contributed by atoms with Gasteiger partial charge in [0.1, 0.15) is 12.9 Å². The van der Waals surface area contributed by atoms with Crippen molar-refractivity contribution in [3.05, 3.63) is 17.7 Å². The van der Waals surface area contributed by atoms with E-state index in [2.05, 4.69) is 49.5 Å². The van der Waals surface area contributed by atoms with Gasteiger partial charge < -0.3 is 9.80 Å². The van der Waals surface area contributed by atoms with E-state index in [4.69, 9.17) is 0 Å². The molecule has 0 radical (unpaired) electrons. The number of piperazine rings is 1. The number of hydrogen-bond acceptors (Lipinski definition) is 8. The number of tetrazole rings is 1. The summed E-state index contributed by atoms with van der Waals surface area (Å²) in [5, 5.41) is 19.3. The van der Waals surface area contributed by atoms with Crippen LogP contribution in [0.25, 0.3) is 0 Å². The van der Waals surface area contributed by atoms with Crippen molar-refractivity contribution in [2.45, 2.75) is 33.2 Å². The number of aryl methyl sites for hydroxylation is 2. The average molecular weight is 331 g/mol. The molecule has 1 saturated heterocycles. The molecule has 1 aliphatic heterocycles. The molecular weight excluding hydrogens is 310 g/mol. The van der Waals surface area contributed by atoms with Gasteiger partial charge in [0.15, 0.2) is 0 Å². The molecule has 128 valence electrons.